The van der Waals surface area contributed by atoms with Crippen LogP contribution in [0.4, 0.5) is 0 Å². The maximum atomic E-state index is 6.75. The lowest BCUT2D eigenvalue weighted by Gasteiger charge is -2.34. The molecule has 0 unspecified atom stereocenters. The van der Waals surface area contributed by atoms with Crippen LogP contribution >= 0.6 is 11.3 Å². The molecular weight excluding hydrogens is 685 g/mol. The van der Waals surface area contributed by atoms with Gasteiger partial charge in [0.2, 0.25) is 0 Å². The highest BCUT2D eigenvalue weighted by Gasteiger charge is 2.49. The average Bonchev–Trinajstić information content (AvgIpc) is 3.81. The van der Waals surface area contributed by atoms with Crippen LogP contribution in [0, 0.1) is 5.41 Å². The van der Waals surface area contributed by atoms with E-state index in [4.69, 9.17) is 4.65 Å². The Balaban J connectivity index is 1.15. The van der Waals surface area contributed by atoms with E-state index in [-0.39, 0.29) is 17.9 Å². The monoisotopic (exact) mass is 725 g/mol. The maximum absolute atomic E-state index is 6.75. The SMILES string of the molecule is CC1(C)CB(c2ccc3c4cc(-c5c6ccccc6c(-c6ccc7sc8ccccc8c7c6)c6ccccc56)ccc4n(-c4ccccc4)c3c2)OC1(C)C. The van der Waals surface area contributed by atoms with E-state index in [0.29, 0.717) is 0 Å². The number of rotatable bonds is 4. The maximum Gasteiger partial charge on any atom is 0.328 e. The van der Waals surface area contributed by atoms with Crippen molar-refractivity contribution in [2.75, 3.05) is 0 Å². The van der Waals surface area contributed by atoms with Gasteiger partial charge in [0.25, 0.3) is 0 Å². The standard InChI is InChI=1S/C51H40BNOS/c1-50(2)31-52(54-51(50,3)4)34-24-25-36-42-28-32(22-26-44(42)53(45(36)30-34)35-14-6-5-7-15-35)48-38-17-8-10-19-40(38)49(41-20-11-9-18-39(41)48)33-23-27-47-43(29-33)37-16-12-13-21-46(37)55-47/h5-30H,31H2,1-4H3. The minimum atomic E-state index is -0.195. The predicted octanol–water partition coefficient (Wildman–Crippen LogP) is 13.8. The highest BCUT2D eigenvalue weighted by molar-refractivity contribution is 7.25. The van der Waals surface area contributed by atoms with Gasteiger partial charge < -0.3 is 9.22 Å². The Morgan fingerprint density at radius 3 is 1.69 bits per heavy atom. The lowest BCUT2D eigenvalue weighted by atomic mass is 9.54. The van der Waals surface area contributed by atoms with Gasteiger partial charge in [-0.3, -0.25) is 0 Å². The third-order valence-corrected chi connectivity index (χ3v) is 14.0. The van der Waals surface area contributed by atoms with E-state index >= 15 is 0 Å². The van der Waals surface area contributed by atoms with E-state index in [1.807, 2.05) is 11.3 Å². The van der Waals surface area contributed by atoms with E-state index in [0.717, 1.165) is 12.0 Å². The predicted molar refractivity (Wildman–Crippen MR) is 239 cm³/mol. The quantitative estimate of drug-likeness (QED) is 0.130. The van der Waals surface area contributed by atoms with Crippen molar-refractivity contribution in [1.82, 2.24) is 4.57 Å². The second-order valence-electron chi connectivity index (χ2n) is 16.5. The third-order valence-electron chi connectivity index (χ3n) is 12.8. The van der Waals surface area contributed by atoms with Crippen LogP contribution < -0.4 is 5.46 Å². The molecule has 2 aromatic heterocycles. The fourth-order valence-electron chi connectivity index (χ4n) is 9.33. The molecule has 0 radical (unpaired) electrons. The first-order valence-electron chi connectivity index (χ1n) is 19.4. The molecule has 1 aliphatic rings. The van der Waals surface area contributed by atoms with Crippen LogP contribution in [0.25, 0.3) is 91.5 Å². The minimum Gasteiger partial charge on any atom is -0.426 e. The Kier molecular flexibility index (Phi) is 7.09. The van der Waals surface area contributed by atoms with Crippen molar-refractivity contribution in [1.29, 1.82) is 0 Å². The van der Waals surface area contributed by atoms with Crippen molar-refractivity contribution in [3.05, 3.63) is 158 Å². The molecule has 1 fully saturated rings. The van der Waals surface area contributed by atoms with Crippen LogP contribution in [0.1, 0.15) is 27.7 Å². The summed E-state index contributed by atoms with van der Waals surface area (Å²) in [7, 11) is 0. The van der Waals surface area contributed by atoms with Gasteiger partial charge in [-0.2, -0.15) is 0 Å². The van der Waals surface area contributed by atoms with Crippen molar-refractivity contribution in [2.24, 2.45) is 5.41 Å². The Labute approximate surface area is 325 Å². The summed E-state index contributed by atoms with van der Waals surface area (Å²) >= 11 is 1.87. The highest BCUT2D eigenvalue weighted by Crippen LogP contribution is 2.48. The molecule has 1 saturated heterocycles. The Morgan fingerprint density at radius 1 is 0.491 bits per heavy atom. The zero-order valence-electron chi connectivity index (χ0n) is 31.6. The first-order chi connectivity index (χ1) is 26.8. The molecule has 3 heterocycles. The molecular formula is C51H40BNOS. The summed E-state index contributed by atoms with van der Waals surface area (Å²) in [5.74, 6) is 0. The number of para-hydroxylation sites is 1. The van der Waals surface area contributed by atoms with Gasteiger partial charge in [0.15, 0.2) is 0 Å². The summed E-state index contributed by atoms with van der Waals surface area (Å²) in [5, 5.41) is 10.2. The molecule has 0 spiro atoms. The molecule has 0 amide bonds. The van der Waals surface area contributed by atoms with Crippen molar-refractivity contribution in [3.63, 3.8) is 0 Å². The van der Waals surface area contributed by atoms with Crippen LogP contribution in [0.3, 0.4) is 0 Å². The molecule has 264 valence electrons. The topological polar surface area (TPSA) is 14.2 Å². The first-order valence-corrected chi connectivity index (χ1v) is 20.2. The fraction of sp³-hybridized carbons (Fsp3) is 0.137. The summed E-state index contributed by atoms with van der Waals surface area (Å²) in [6.45, 7) is 9.19. The van der Waals surface area contributed by atoms with Gasteiger partial charge in [-0.05, 0) is 123 Å². The molecule has 0 N–H and O–H groups in total. The number of thiophene rings is 1. The molecule has 8 aromatic carbocycles. The lowest BCUT2D eigenvalue weighted by Crippen LogP contribution is -2.36. The number of benzene rings is 8. The number of nitrogens with zero attached hydrogens (tertiary/aromatic N) is 1. The van der Waals surface area contributed by atoms with E-state index in [2.05, 4.69) is 190 Å². The molecule has 4 heteroatoms. The third kappa shape index (κ3) is 4.91. The average molecular weight is 726 g/mol. The van der Waals surface area contributed by atoms with Gasteiger partial charge >= 0.3 is 6.92 Å². The summed E-state index contributed by atoms with van der Waals surface area (Å²) in [6.07, 6.45) is 0.995. The van der Waals surface area contributed by atoms with Crippen LogP contribution in [0.2, 0.25) is 6.32 Å². The molecule has 0 saturated carbocycles. The van der Waals surface area contributed by atoms with Crippen molar-refractivity contribution < 1.29 is 4.65 Å². The summed E-state index contributed by atoms with van der Waals surface area (Å²) < 4.78 is 11.8. The zero-order chi connectivity index (χ0) is 37.1. The van der Waals surface area contributed by atoms with Gasteiger partial charge in [0.05, 0.1) is 16.6 Å². The van der Waals surface area contributed by atoms with E-state index in [1.165, 1.54) is 91.2 Å². The largest absolute Gasteiger partial charge is 0.426 e. The van der Waals surface area contributed by atoms with Gasteiger partial charge in [0.1, 0.15) is 0 Å². The van der Waals surface area contributed by atoms with Crippen LogP contribution in [-0.2, 0) is 4.65 Å². The highest BCUT2D eigenvalue weighted by atomic mass is 32.1. The van der Waals surface area contributed by atoms with E-state index < -0.39 is 0 Å². The Hall–Kier alpha value is -5.68. The number of hydrogen-bond donors (Lipinski definition) is 0. The molecule has 10 aromatic rings. The fourth-order valence-corrected chi connectivity index (χ4v) is 10.4. The van der Waals surface area contributed by atoms with Gasteiger partial charge in [-0.25, -0.2) is 0 Å². The van der Waals surface area contributed by atoms with Crippen LogP contribution in [-0.4, -0.2) is 17.1 Å². The number of fused-ring (bicyclic) bond motifs is 8. The molecule has 55 heavy (non-hydrogen) atoms. The van der Waals surface area contributed by atoms with Crippen LogP contribution in [0.5, 0.6) is 0 Å². The molecule has 11 rings (SSSR count). The molecule has 2 nitrogen and oxygen atoms in total. The van der Waals surface area contributed by atoms with Gasteiger partial charge in [-0.1, -0.05) is 123 Å². The van der Waals surface area contributed by atoms with E-state index in [9.17, 15) is 0 Å². The summed E-state index contributed by atoms with van der Waals surface area (Å²) in [5.41, 5.74) is 9.76. The normalized spacial score (nSPS) is 15.4. The second kappa shape index (κ2) is 11.9. The van der Waals surface area contributed by atoms with Gasteiger partial charge in [-0.15, -0.1) is 11.3 Å². The smallest absolute Gasteiger partial charge is 0.328 e. The lowest BCUT2D eigenvalue weighted by molar-refractivity contribution is 0.0375. The van der Waals surface area contributed by atoms with Gasteiger partial charge in [0, 0.05) is 36.6 Å². The Morgan fingerprint density at radius 2 is 1.05 bits per heavy atom. The van der Waals surface area contributed by atoms with Crippen molar-refractivity contribution in [3.8, 4) is 27.9 Å². The van der Waals surface area contributed by atoms with Crippen molar-refractivity contribution in [2.45, 2.75) is 39.6 Å². The number of aromatic nitrogens is 1. The number of hydrogen-bond acceptors (Lipinski definition) is 2. The summed E-state index contributed by atoms with van der Waals surface area (Å²) in [6, 6.07) is 58.8. The van der Waals surface area contributed by atoms with Crippen LogP contribution in [0.15, 0.2) is 158 Å². The first kappa shape index (κ1) is 32.7. The van der Waals surface area contributed by atoms with E-state index in [1.54, 1.807) is 0 Å². The Bertz CT molecular complexity index is 3100. The zero-order valence-corrected chi connectivity index (χ0v) is 32.4. The minimum absolute atomic E-state index is 0.0580. The van der Waals surface area contributed by atoms with Crippen molar-refractivity contribution >= 4 is 87.2 Å². The summed E-state index contributed by atoms with van der Waals surface area (Å²) in [4.78, 5) is 0. The molecule has 0 bridgehead atoms. The second-order valence-corrected chi connectivity index (χ2v) is 17.6. The molecule has 0 aliphatic carbocycles. The molecule has 0 atom stereocenters. The molecule has 1 aliphatic heterocycles.